The fourth-order valence-electron chi connectivity index (χ4n) is 4.72. The molecule has 2 saturated heterocycles. The van der Waals surface area contributed by atoms with Crippen molar-refractivity contribution >= 4 is 17.7 Å². The average Bonchev–Trinajstić information content (AvgIpc) is 3.36. The number of furan rings is 1. The lowest BCUT2D eigenvalue weighted by Crippen LogP contribution is -2.41. The molecule has 0 aromatic carbocycles. The third-order valence-corrected chi connectivity index (χ3v) is 6.36. The molecular formula is C22H29N3O4. The monoisotopic (exact) mass is 399 g/mol. The largest absolute Gasteiger partial charge is 0.468 e. The summed E-state index contributed by atoms with van der Waals surface area (Å²) in [7, 11) is 0. The van der Waals surface area contributed by atoms with Gasteiger partial charge in [0.25, 0.3) is 0 Å². The van der Waals surface area contributed by atoms with Crippen molar-refractivity contribution < 1.29 is 18.8 Å². The van der Waals surface area contributed by atoms with Gasteiger partial charge in [0.1, 0.15) is 5.76 Å². The van der Waals surface area contributed by atoms with Crippen LogP contribution in [0, 0.1) is 11.8 Å². The Morgan fingerprint density at radius 1 is 1.10 bits per heavy atom. The third kappa shape index (κ3) is 4.29. The van der Waals surface area contributed by atoms with Crippen LogP contribution in [0.4, 0.5) is 0 Å². The predicted octanol–water partition coefficient (Wildman–Crippen LogP) is 2.26. The number of nitrogens with one attached hydrogen (secondary N) is 1. The number of rotatable bonds is 7. The minimum absolute atomic E-state index is 0.0123. The van der Waals surface area contributed by atoms with E-state index in [0.717, 1.165) is 31.7 Å². The number of imide groups is 1. The molecule has 1 N–H and O–H groups in total. The maximum absolute atomic E-state index is 12.5. The SMILES string of the molecule is O=C(CCN1C(=O)[C@@H]2CC=CC[C@H]2C1=O)NC[C@@H](c1ccco1)N1CCCCC1. The molecule has 3 aliphatic rings. The first kappa shape index (κ1) is 19.9. The average molecular weight is 399 g/mol. The minimum Gasteiger partial charge on any atom is -0.468 e. The van der Waals surface area contributed by atoms with E-state index in [1.807, 2.05) is 24.3 Å². The van der Waals surface area contributed by atoms with Crippen molar-refractivity contribution in [1.82, 2.24) is 15.1 Å². The van der Waals surface area contributed by atoms with Crippen LogP contribution >= 0.6 is 0 Å². The van der Waals surface area contributed by atoms with Gasteiger partial charge < -0.3 is 9.73 Å². The van der Waals surface area contributed by atoms with Crippen LogP contribution in [0.3, 0.4) is 0 Å². The first-order valence-electron chi connectivity index (χ1n) is 10.7. The number of hydrogen-bond acceptors (Lipinski definition) is 5. The van der Waals surface area contributed by atoms with Crippen molar-refractivity contribution in [3.63, 3.8) is 0 Å². The van der Waals surface area contributed by atoms with Gasteiger partial charge in [-0.05, 0) is 50.9 Å². The summed E-state index contributed by atoms with van der Waals surface area (Å²) >= 11 is 0. The second-order valence-corrected chi connectivity index (χ2v) is 8.17. The molecule has 156 valence electrons. The zero-order valence-corrected chi connectivity index (χ0v) is 16.7. The van der Waals surface area contributed by atoms with Gasteiger partial charge in [-0.3, -0.25) is 24.2 Å². The van der Waals surface area contributed by atoms with Crippen LogP contribution in [0.2, 0.25) is 0 Å². The van der Waals surface area contributed by atoms with E-state index in [1.54, 1.807) is 6.26 Å². The Balaban J connectivity index is 1.30. The highest BCUT2D eigenvalue weighted by molar-refractivity contribution is 6.05. The number of piperidine rings is 1. The molecule has 0 saturated carbocycles. The lowest BCUT2D eigenvalue weighted by molar-refractivity contribution is -0.140. The van der Waals surface area contributed by atoms with E-state index in [0.29, 0.717) is 19.4 Å². The predicted molar refractivity (Wildman–Crippen MR) is 107 cm³/mol. The Hall–Kier alpha value is -2.41. The van der Waals surface area contributed by atoms with Crippen molar-refractivity contribution in [1.29, 1.82) is 0 Å². The molecule has 3 heterocycles. The molecule has 0 radical (unpaired) electrons. The second-order valence-electron chi connectivity index (χ2n) is 8.17. The molecule has 1 aliphatic carbocycles. The number of allylic oxidation sites excluding steroid dienone is 2. The maximum atomic E-state index is 12.5. The quantitative estimate of drug-likeness (QED) is 0.562. The number of hydrogen-bond donors (Lipinski definition) is 1. The van der Waals surface area contributed by atoms with Crippen LogP contribution in [-0.2, 0) is 14.4 Å². The topological polar surface area (TPSA) is 82.9 Å². The summed E-state index contributed by atoms with van der Waals surface area (Å²) in [6, 6.07) is 3.83. The zero-order chi connectivity index (χ0) is 20.2. The van der Waals surface area contributed by atoms with E-state index in [2.05, 4.69) is 10.2 Å². The molecule has 7 heteroatoms. The van der Waals surface area contributed by atoms with Gasteiger partial charge in [-0.15, -0.1) is 0 Å². The summed E-state index contributed by atoms with van der Waals surface area (Å²) in [4.78, 5) is 41.1. The van der Waals surface area contributed by atoms with Crippen LogP contribution in [-0.4, -0.2) is 53.7 Å². The summed E-state index contributed by atoms with van der Waals surface area (Å²) in [5.41, 5.74) is 0. The summed E-state index contributed by atoms with van der Waals surface area (Å²) in [6.07, 6.45) is 10.5. The molecule has 2 aliphatic heterocycles. The highest BCUT2D eigenvalue weighted by Gasteiger charge is 2.46. The lowest BCUT2D eigenvalue weighted by atomic mass is 9.85. The maximum Gasteiger partial charge on any atom is 0.233 e. The summed E-state index contributed by atoms with van der Waals surface area (Å²) in [5, 5.41) is 2.98. The zero-order valence-electron chi connectivity index (χ0n) is 16.7. The van der Waals surface area contributed by atoms with E-state index in [4.69, 9.17) is 4.42 Å². The van der Waals surface area contributed by atoms with Gasteiger partial charge in [0.05, 0.1) is 24.1 Å². The molecule has 3 atom stereocenters. The van der Waals surface area contributed by atoms with Gasteiger partial charge >= 0.3 is 0 Å². The van der Waals surface area contributed by atoms with E-state index in [9.17, 15) is 14.4 Å². The number of likely N-dealkylation sites (tertiary alicyclic amines) is 2. The first-order chi connectivity index (χ1) is 14.1. The van der Waals surface area contributed by atoms with Crippen molar-refractivity contribution in [2.75, 3.05) is 26.2 Å². The smallest absolute Gasteiger partial charge is 0.233 e. The van der Waals surface area contributed by atoms with Gasteiger partial charge in [-0.2, -0.15) is 0 Å². The highest BCUT2D eigenvalue weighted by atomic mass is 16.3. The fraction of sp³-hybridized carbons (Fsp3) is 0.591. The van der Waals surface area contributed by atoms with Crippen LogP contribution in [0.15, 0.2) is 35.0 Å². The van der Waals surface area contributed by atoms with E-state index >= 15 is 0 Å². The Labute approximate surface area is 171 Å². The van der Waals surface area contributed by atoms with Crippen LogP contribution < -0.4 is 5.32 Å². The Bertz CT molecular complexity index is 741. The molecule has 2 fully saturated rings. The number of carbonyl (C=O) groups excluding carboxylic acids is 3. The minimum atomic E-state index is -0.238. The van der Waals surface area contributed by atoms with Gasteiger partial charge in [0.2, 0.25) is 17.7 Å². The number of amides is 3. The Morgan fingerprint density at radius 2 is 1.79 bits per heavy atom. The number of nitrogens with zero attached hydrogens (tertiary/aromatic N) is 2. The van der Waals surface area contributed by atoms with Crippen LogP contribution in [0.5, 0.6) is 0 Å². The standard InChI is InChI=1S/C22H29N3O4/c26-20(10-13-25-21(27)16-7-2-3-8-17(16)22(25)28)23-15-18(19-9-6-14-29-19)24-11-4-1-5-12-24/h2-3,6,9,14,16-18H,1,4-5,7-8,10-13,15H2,(H,23,26)/t16-,17-,18+/m1/s1. The summed E-state index contributed by atoms with van der Waals surface area (Å²) in [6.45, 7) is 2.61. The molecule has 0 bridgehead atoms. The van der Waals surface area contributed by atoms with E-state index in [-0.39, 0.29) is 48.6 Å². The Kier molecular flexibility index (Phi) is 6.13. The van der Waals surface area contributed by atoms with Crippen LogP contribution in [0.25, 0.3) is 0 Å². The highest BCUT2D eigenvalue weighted by Crippen LogP contribution is 2.35. The lowest BCUT2D eigenvalue weighted by Gasteiger charge is -2.33. The van der Waals surface area contributed by atoms with Gasteiger partial charge in [0, 0.05) is 19.5 Å². The van der Waals surface area contributed by atoms with E-state index < -0.39 is 0 Å². The van der Waals surface area contributed by atoms with Gasteiger partial charge in [-0.1, -0.05) is 18.6 Å². The molecule has 7 nitrogen and oxygen atoms in total. The van der Waals surface area contributed by atoms with Crippen molar-refractivity contribution in [2.45, 2.75) is 44.6 Å². The van der Waals surface area contributed by atoms with Crippen LogP contribution in [0.1, 0.15) is 50.3 Å². The molecule has 1 aromatic rings. The van der Waals surface area contributed by atoms with Crippen molar-refractivity contribution in [3.05, 3.63) is 36.3 Å². The molecule has 0 spiro atoms. The Morgan fingerprint density at radius 3 is 2.41 bits per heavy atom. The summed E-state index contributed by atoms with van der Waals surface area (Å²) < 4.78 is 5.61. The summed E-state index contributed by atoms with van der Waals surface area (Å²) in [5.74, 6) is -0.0188. The van der Waals surface area contributed by atoms with Crippen molar-refractivity contribution in [2.24, 2.45) is 11.8 Å². The molecule has 3 amide bonds. The molecule has 4 rings (SSSR count). The fourth-order valence-corrected chi connectivity index (χ4v) is 4.72. The van der Waals surface area contributed by atoms with Gasteiger partial charge in [-0.25, -0.2) is 0 Å². The molecular weight excluding hydrogens is 370 g/mol. The molecule has 1 aromatic heterocycles. The van der Waals surface area contributed by atoms with Crippen molar-refractivity contribution in [3.8, 4) is 0 Å². The molecule has 0 unspecified atom stereocenters. The van der Waals surface area contributed by atoms with E-state index in [1.165, 1.54) is 11.3 Å². The second kappa shape index (κ2) is 8.95. The van der Waals surface area contributed by atoms with Gasteiger partial charge in [0.15, 0.2) is 0 Å². The number of carbonyl (C=O) groups is 3. The normalized spacial score (nSPS) is 25.9. The first-order valence-corrected chi connectivity index (χ1v) is 10.7. The molecule has 29 heavy (non-hydrogen) atoms. The third-order valence-electron chi connectivity index (χ3n) is 6.36. The number of fused-ring (bicyclic) bond motifs is 1.